The number of H-pyrrole nitrogens is 4. The Hall–Kier alpha value is -12.7. The lowest BCUT2D eigenvalue weighted by Crippen LogP contribution is -2.74. The largest absolute Gasteiger partial charge is 0.508 e. The predicted octanol–water partition coefficient (Wildman–Crippen LogP) is 2.61. The third-order valence-electron chi connectivity index (χ3n) is 35.5. The topological polar surface area (TPSA) is 563 Å². The number of aromatic hydroxyl groups is 1. The zero-order chi connectivity index (χ0) is 103. The van der Waals surface area contributed by atoms with Gasteiger partial charge in [0.1, 0.15) is 51.8 Å². The summed E-state index contributed by atoms with van der Waals surface area (Å²) < 4.78 is 25.3. The smallest absolute Gasteiger partial charge is 0.341 e. The van der Waals surface area contributed by atoms with Gasteiger partial charge in [0.25, 0.3) is 40.0 Å². The number of benzene rings is 4. The molecule has 0 spiro atoms. The lowest BCUT2D eigenvalue weighted by atomic mass is 9.49. The Balaban J connectivity index is 0.000000116. The maximum atomic E-state index is 13.0. The zero-order valence-electron chi connectivity index (χ0n) is 83.0. The number of likely N-dealkylation sites (tertiary alicyclic amines) is 4. The average molecular weight is 2000 g/mol. The summed E-state index contributed by atoms with van der Waals surface area (Å²) in [5.74, 6) is -0.331. The number of ether oxygens (including phenoxy) is 5. The van der Waals surface area contributed by atoms with Crippen LogP contribution in [0.2, 0.25) is 0 Å². The molecule has 0 radical (unpaired) electrons. The second-order valence-electron chi connectivity index (χ2n) is 43.7. The van der Waals surface area contributed by atoms with E-state index in [1.165, 1.54) is 88.3 Å². The number of aromatic nitrogens is 4. The zero-order valence-corrected chi connectivity index (χ0v) is 83.0. The fraction of sp³-hybridized carbons (Fsp3) is 0.523. The molecule has 4 saturated heterocycles. The number of aliphatic hydroxyl groups is 4. The van der Waals surface area contributed by atoms with Crippen molar-refractivity contribution in [3.63, 3.8) is 0 Å². The molecule has 37 heteroatoms. The maximum absolute atomic E-state index is 13.0. The van der Waals surface area contributed by atoms with Crippen LogP contribution in [0.4, 0.5) is 0 Å². The van der Waals surface area contributed by atoms with Crippen LogP contribution in [-0.4, -0.2) is 278 Å². The molecule has 37 nitrogen and oxygen atoms in total. The van der Waals surface area contributed by atoms with Crippen molar-refractivity contribution < 1.29 is 92.7 Å². The van der Waals surface area contributed by atoms with E-state index >= 15 is 0 Å². The van der Waals surface area contributed by atoms with Gasteiger partial charge in [-0.3, -0.25) is 72.3 Å². The van der Waals surface area contributed by atoms with E-state index in [0.29, 0.717) is 87.2 Å². The van der Waals surface area contributed by atoms with E-state index < -0.39 is 108 Å². The number of carboxylic acid groups (broad SMARTS) is 1. The first kappa shape index (κ1) is 101. The third kappa shape index (κ3) is 17.8. The molecule has 8 heterocycles. The number of amides is 5. The van der Waals surface area contributed by atoms with Gasteiger partial charge in [0.05, 0.1) is 77.6 Å². The number of phenols is 1. The summed E-state index contributed by atoms with van der Waals surface area (Å²) in [5, 5.41) is 77.4. The minimum absolute atomic E-state index is 0.0312. The first-order valence-corrected chi connectivity index (χ1v) is 51.1. The normalized spacial score (nSPS) is 28.1. The van der Waals surface area contributed by atoms with Crippen LogP contribution in [0, 0.1) is 23.7 Å². The fourth-order valence-electron chi connectivity index (χ4n) is 27.5. The summed E-state index contributed by atoms with van der Waals surface area (Å²) in [7, 11) is 7.48. The van der Waals surface area contributed by atoms with E-state index in [1.807, 2.05) is 24.3 Å². The Bertz CT molecular complexity index is 6880. The lowest BCUT2D eigenvalue weighted by Gasteiger charge is -2.63. The first-order chi connectivity index (χ1) is 69.9. The molecule has 4 aliphatic heterocycles. The molecule has 5 amide bonds. The highest BCUT2D eigenvalue weighted by Crippen LogP contribution is 2.63. The van der Waals surface area contributed by atoms with Crippen molar-refractivity contribution in [2.24, 2.45) is 40.9 Å². The molecule has 8 bridgehead atoms. The van der Waals surface area contributed by atoms with Crippen LogP contribution in [0.25, 0.3) is 0 Å². The fourth-order valence-corrected chi connectivity index (χ4v) is 27.5. The summed E-state index contributed by atoms with van der Waals surface area (Å²) in [5.41, 5.74) is 20.8. The van der Waals surface area contributed by atoms with Gasteiger partial charge in [-0.05, 0) is 292 Å². The minimum Gasteiger partial charge on any atom is -0.508 e. The molecule has 12 aliphatic carbocycles. The van der Waals surface area contributed by atoms with Gasteiger partial charge in [-0.2, -0.15) is 0 Å². The van der Waals surface area contributed by atoms with Gasteiger partial charge in [0, 0.05) is 146 Å². The van der Waals surface area contributed by atoms with Crippen LogP contribution in [0.1, 0.15) is 208 Å². The standard InChI is InChI=1S/C28H33N3O6.C27H32N4O5.C26H30N4O5.C25H28N2O5.C3H7NO2/c1-36-19-6-5-17-10-23-28(35)12-18-9-20(25(33)29-14-24(32)37-2)26(34)30-22(18)13-27(28,21(17)11-19)7-8-31(23)15-16-3-4-16;1-36-18-5-4-16-9-22-27(35)11-17-8-19(24(33)29-13-23(28)32)25(34)30-21(17)12-26(27,20(16)10-18)6-7-31(22)14-15-2-3-15;27-22(32)12-28-23(33)18-7-16-10-26(35)21-8-15-3-4-17(31)9-19(15)25(26,11-20(16)29-24(18)34)5-6-30(21)13-14-1-2-14;1-32-17-5-4-15-9-21-25(31)11-16-8-18(23(29)30)22(28)26-20(16)12-24(25,19(15)10-17)6-7-27(21)13-14-2-3-14;1-6-3(5)2-4/h5-6,9,11,16,23,35H,3-4,7-8,10,12-15H2,1-2H3,(H,29,33)(H,30,34);4-5,8,10,15,22,35H,2-3,6-7,9,11-14H2,1H3,(H2,28,32)(H,29,33)(H,30,34);3-4,7,9,14,21,31,35H,1-2,5-6,8,10-13H2,(H2,27,32)(H,28,33)(H,29,34);4-5,8,10,14,21,31H,2-3,6-7,9,11-13H2,1H3,(H,26,28)(H,29,30);2,4H2,1H3/t23-,27-,28-;22-,26-,27-;21-,25-,26-;21-,24-,25-;/m1111./s1. The van der Waals surface area contributed by atoms with Crippen LogP contribution in [0.3, 0.4) is 0 Å². The average Bonchev–Trinajstić information content (AvgIpc) is 1.55. The molecular weight excluding hydrogens is 1870 g/mol. The molecule has 19 N–H and O–H groups in total. The molecule has 12 atom stereocenters. The summed E-state index contributed by atoms with van der Waals surface area (Å²) in [4.78, 5) is 166. The third-order valence-corrected chi connectivity index (χ3v) is 35.5. The number of pyridine rings is 4. The summed E-state index contributed by atoms with van der Waals surface area (Å²) >= 11 is 0. The number of aromatic amines is 4. The van der Waals surface area contributed by atoms with Crippen molar-refractivity contribution in [1.82, 2.24) is 55.5 Å². The predicted molar refractivity (Wildman–Crippen MR) is 533 cm³/mol. The van der Waals surface area contributed by atoms with Crippen molar-refractivity contribution >= 4 is 47.4 Å². The van der Waals surface area contributed by atoms with E-state index in [1.54, 1.807) is 51.7 Å². The number of rotatable bonds is 22. The Kier molecular flexibility index (Phi) is 26.5. The Morgan fingerprint density at radius 1 is 0.363 bits per heavy atom. The molecule has 4 aromatic heterocycles. The van der Waals surface area contributed by atoms with Crippen LogP contribution in [-0.2, 0) is 127 Å². The highest BCUT2D eigenvalue weighted by atomic mass is 16.5. The summed E-state index contributed by atoms with van der Waals surface area (Å²) in [6, 6.07) is 29.9. The molecule has 8 fully saturated rings. The number of hydrogen-bond donors (Lipinski definition) is 16. The van der Waals surface area contributed by atoms with Crippen LogP contribution >= 0.6 is 0 Å². The molecule has 16 aliphatic rings. The number of esters is 2. The highest BCUT2D eigenvalue weighted by molar-refractivity contribution is 5.98. The van der Waals surface area contributed by atoms with Gasteiger partial charge in [0.2, 0.25) is 11.8 Å². The minimum atomic E-state index is -1.24. The highest BCUT2D eigenvalue weighted by Gasteiger charge is 2.70. The van der Waals surface area contributed by atoms with Crippen LogP contribution in [0.15, 0.2) is 116 Å². The number of nitrogens with two attached hydrogens (primary N) is 3. The lowest BCUT2D eigenvalue weighted by molar-refractivity contribution is -0.152. The molecule has 24 rings (SSSR count). The van der Waals surface area contributed by atoms with E-state index in [0.717, 1.165) is 175 Å². The van der Waals surface area contributed by atoms with Gasteiger partial charge in [-0.1, -0.05) is 24.3 Å². The molecular formula is C109H130N14O23. The Labute approximate surface area is 841 Å². The first-order valence-electron chi connectivity index (χ1n) is 51.1. The van der Waals surface area contributed by atoms with Gasteiger partial charge in [-0.15, -0.1) is 0 Å². The molecule has 4 aromatic carbocycles. The van der Waals surface area contributed by atoms with Crippen molar-refractivity contribution in [3.05, 3.63) is 250 Å². The van der Waals surface area contributed by atoms with Crippen LogP contribution in [0.5, 0.6) is 23.0 Å². The SMILES string of the molecule is COC(=O)CN.COC(=O)CNC(=O)c1cc2c([nH]c1=O)C[C@]13CCN(CC4CC4)[C@H](Cc4ccc(OC)cc41)[C@]3(O)C2.COc1ccc2c(c1)[C@]13CCN(CC4CC4)[C@H](C2)[C@]1(O)Cc1cc(C(=O)NCC(N)=O)c(=O)[nH]c1C3.COc1ccc2c(c1)[C@]13CCN(CC4CC4)[C@H](C2)[C@]1(O)Cc1cc(C(=O)O)c(=O)[nH]c1C3.NC(=O)CNC(=O)c1cc2c([nH]c1=O)C[C@]13CCN(CC4CC4)[C@H](Cc4ccc(O)cc41)[C@]3(O)C2. The van der Waals surface area contributed by atoms with Gasteiger partial charge in [-0.25, -0.2) is 4.79 Å². The Morgan fingerprint density at radius 2 is 0.630 bits per heavy atom. The number of nitrogens with one attached hydrogen (secondary N) is 7. The second-order valence-corrected chi connectivity index (χ2v) is 43.7. The van der Waals surface area contributed by atoms with E-state index in [4.69, 9.17) is 31.4 Å². The summed E-state index contributed by atoms with van der Waals surface area (Å²) in [6.07, 6.45) is 19.1. The second kappa shape index (κ2) is 38.5. The van der Waals surface area contributed by atoms with Crippen molar-refractivity contribution in [1.29, 1.82) is 0 Å². The van der Waals surface area contributed by atoms with E-state index in [2.05, 4.69) is 101 Å². The number of fused-ring (bicyclic) bond motifs is 8. The number of hydrogen-bond acceptors (Lipinski definition) is 27. The number of methoxy groups -OCH3 is 5. The van der Waals surface area contributed by atoms with Crippen molar-refractivity contribution in [3.8, 4) is 23.0 Å². The number of carbonyl (C=O) groups is 8. The number of carboxylic acids is 1. The number of aromatic carboxylic acids is 1. The number of phenolic OH excluding ortho intramolecular Hbond substituents is 1. The van der Waals surface area contributed by atoms with Gasteiger partial charge >= 0.3 is 17.9 Å². The van der Waals surface area contributed by atoms with Crippen LogP contribution < -0.4 is 69.6 Å². The molecule has 0 unspecified atom stereocenters. The molecule has 146 heavy (non-hydrogen) atoms. The maximum Gasteiger partial charge on any atom is 0.341 e. The monoisotopic (exact) mass is 2000 g/mol. The number of nitrogens with zero attached hydrogens (tertiary/aromatic N) is 4. The van der Waals surface area contributed by atoms with E-state index in [9.17, 15) is 88.2 Å². The van der Waals surface area contributed by atoms with Crippen molar-refractivity contribution in [2.75, 3.05) is 114 Å². The molecule has 4 saturated carbocycles. The Morgan fingerprint density at radius 3 is 0.884 bits per heavy atom. The number of piperidine rings is 4. The summed E-state index contributed by atoms with van der Waals surface area (Å²) in [6.45, 7) is 6.46. The van der Waals surface area contributed by atoms with Gasteiger partial charge in [0.15, 0.2) is 0 Å². The molecule has 8 aromatic rings. The quantitative estimate of drug-likeness (QED) is 0.0434. The number of carbonyl (C=O) groups excluding carboxylic acids is 7. The van der Waals surface area contributed by atoms with E-state index in [-0.39, 0.29) is 90.7 Å². The number of primary amides is 2. The van der Waals surface area contributed by atoms with Gasteiger partial charge < -0.3 is 107 Å². The van der Waals surface area contributed by atoms with Crippen molar-refractivity contribution in [2.45, 2.75) is 222 Å². The molecule has 774 valence electrons.